The number of hydrogen-bond donors (Lipinski definition) is 9. The van der Waals surface area contributed by atoms with Crippen molar-refractivity contribution in [2.45, 2.75) is 366 Å². The number of rotatable bonds is 54. The lowest BCUT2D eigenvalue weighted by Gasteiger charge is -2.51. The van der Waals surface area contributed by atoms with Crippen molar-refractivity contribution in [2.75, 3.05) is 39.3 Å². The van der Waals surface area contributed by atoms with Crippen molar-refractivity contribution in [2.24, 2.45) is 17.8 Å². The van der Waals surface area contributed by atoms with Crippen LogP contribution >= 0.6 is 0 Å². The second-order valence-electron chi connectivity index (χ2n) is 41.9. The van der Waals surface area contributed by atoms with Gasteiger partial charge in [0.05, 0.1) is 17.8 Å². The van der Waals surface area contributed by atoms with Crippen molar-refractivity contribution in [3.8, 4) is 0 Å². The van der Waals surface area contributed by atoms with Crippen LogP contribution in [0, 0.1) is 17.8 Å². The lowest BCUT2D eigenvalue weighted by molar-refractivity contribution is -0.133. The van der Waals surface area contributed by atoms with Crippen LogP contribution < -0.4 is 47.9 Å². The van der Waals surface area contributed by atoms with Gasteiger partial charge in [-0.05, 0) is 163 Å². The standard InChI is InChI=1S/C117H159N15O9/c1-10-19-25-31-37-43-82-49-61-91(62-50-82)112-115(94-67-55-85(56-68-94)46-40-34-28-22-13-4)127(106(136)121-112)76-88(77-128(115)107(137)122-112)103(133)118-73-100-97(16-7)101(74-119-104(134)89-78-129-108(138)123-113(92-63-51-83(52-64-92)44-38-32-26-20-11-2)116(129,130(79-89)109(139)124-113)95-69-57-86(58-70-95)47-41-35-29-23-14-5)99(18-9)102(98(100)17-8)75-120-105(135)90-80-131-110(140)125-114(93-65-53-84(54-66-93)45-39-33-27-21-12-3)117(131,132(81-90)111(141)126-114)96-71-59-87(60-72-96)48-42-36-30-24-15-6/h49-72,88-90H,10-48,73-81H2,1-9H3,(H,118,133)(H,119,134)(H,120,135)(H,121,136)(H,122,137)(H,123,138)(H,124,139)(H,125,140)(H,126,141). The molecule has 0 saturated carbocycles. The first-order valence-electron chi connectivity index (χ1n) is 54.8. The maximum atomic E-state index is 15.9. The zero-order valence-electron chi connectivity index (χ0n) is 85.9. The van der Waals surface area contributed by atoms with Crippen molar-refractivity contribution < 1.29 is 43.2 Å². The Morgan fingerprint density at radius 2 is 0.397 bits per heavy atom. The van der Waals surface area contributed by atoms with E-state index in [4.69, 9.17) is 0 Å². The Morgan fingerprint density at radius 1 is 0.234 bits per heavy atom. The smallest absolute Gasteiger partial charge is 0.321 e. The number of nitrogens with zero attached hydrogens (tertiary/aromatic N) is 6. The van der Waals surface area contributed by atoms with Gasteiger partial charge in [-0.3, -0.25) is 43.8 Å². The molecule has 141 heavy (non-hydrogen) atoms. The fourth-order valence-electron chi connectivity index (χ4n) is 25.5. The zero-order valence-corrected chi connectivity index (χ0v) is 85.9. The Hall–Kier alpha value is -11.4. The van der Waals surface area contributed by atoms with E-state index >= 15 is 43.2 Å². The summed E-state index contributed by atoms with van der Waals surface area (Å²) in [7, 11) is 0. The number of urea groups is 6. The molecule has 9 saturated heterocycles. The minimum Gasteiger partial charge on any atom is -0.352 e. The van der Waals surface area contributed by atoms with Gasteiger partial charge in [0.2, 0.25) is 17.7 Å². The molecule has 7 aromatic carbocycles. The van der Waals surface area contributed by atoms with Gasteiger partial charge in [0.15, 0.2) is 34.0 Å². The number of hydrogen-bond acceptors (Lipinski definition) is 9. The molecular weight excluding hydrogens is 1760 g/mol. The Morgan fingerprint density at radius 3 is 0.560 bits per heavy atom. The van der Waals surface area contributed by atoms with Crippen molar-refractivity contribution in [1.29, 1.82) is 0 Å². The van der Waals surface area contributed by atoms with Gasteiger partial charge in [0.25, 0.3) is 0 Å². The molecule has 0 unspecified atom stereocenters. The molecule has 0 radical (unpaired) electrons. The van der Waals surface area contributed by atoms with E-state index in [-0.39, 0.29) is 76.6 Å². The highest BCUT2D eigenvalue weighted by Gasteiger charge is 2.79. The molecule has 0 atom stereocenters. The fourth-order valence-corrected chi connectivity index (χ4v) is 25.5. The first-order chi connectivity index (χ1) is 68.7. The number of unbranched alkanes of at least 4 members (excludes halogenated alkanes) is 24. The van der Waals surface area contributed by atoms with Crippen LogP contribution in [0.2, 0.25) is 0 Å². The second kappa shape index (κ2) is 45.9. The Kier molecular flexibility index (Phi) is 33.3. The number of aryl methyl sites for hydroxylation is 6. The van der Waals surface area contributed by atoms with E-state index in [0.29, 0.717) is 19.3 Å². The molecule has 15 amide bonds. The second-order valence-corrected chi connectivity index (χ2v) is 41.9. The van der Waals surface area contributed by atoms with Gasteiger partial charge >= 0.3 is 36.2 Å². The van der Waals surface area contributed by atoms with E-state index in [2.05, 4.69) is 219 Å². The largest absolute Gasteiger partial charge is 0.352 e. The zero-order chi connectivity index (χ0) is 99.1. The summed E-state index contributed by atoms with van der Waals surface area (Å²) in [5.74, 6) is -3.92. The van der Waals surface area contributed by atoms with E-state index in [1.54, 1.807) is 29.4 Å². The normalized spacial score (nSPS) is 23.3. The van der Waals surface area contributed by atoms with E-state index < -0.39 is 87.9 Å². The summed E-state index contributed by atoms with van der Waals surface area (Å²) in [5, 5.41) is 30.3. The van der Waals surface area contributed by atoms with Crippen LogP contribution in [0.1, 0.15) is 355 Å². The first-order valence-corrected chi connectivity index (χ1v) is 54.8. The molecule has 756 valence electrons. The maximum absolute atomic E-state index is 15.9. The van der Waals surface area contributed by atoms with Gasteiger partial charge in [0, 0.05) is 92.3 Å². The topological polar surface area (TPSA) is 281 Å². The SMILES string of the molecule is CCCCCCCc1ccc(C23NC(=O)N4CC(C(=O)NCc5c(CC)c(CNC(=O)C6CN7C(=O)NC8(c9ccc(CCCCCCC)cc9)NC(=O)N(C6)C78c6ccc(CCCCCCC)cc6)c(CC)c(CNC(=O)C6CN7C(=O)NC8(c9ccc(CCCCCCC)cc9)NC(=O)N(C6)C78c6ccc(CCCCCCC)cc6)c5CC)CN(C(=O)N2)C43c2ccc(CCCCCCC)cc2)cc1. The van der Waals surface area contributed by atoms with E-state index in [1.165, 1.54) is 93.7 Å². The van der Waals surface area contributed by atoms with Crippen molar-refractivity contribution in [3.63, 3.8) is 0 Å². The lowest BCUT2D eigenvalue weighted by atomic mass is 9.78. The maximum Gasteiger partial charge on any atom is 0.321 e. The van der Waals surface area contributed by atoms with Gasteiger partial charge in [-0.1, -0.05) is 362 Å². The van der Waals surface area contributed by atoms with Crippen molar-refractivity contribution >= 4 is 53.9 Å². The molecule has 7 aromatic rings. The van der Waals surface area contributed by atoms with E-state index in [9.17, 15) is 0 Å². The molecule has 0 bridgehead atoms. The molecule has 24 heteroatoms. The number of carbonyl (C=O) groups excluding carboxylic acids is 9. The van der Waals surface area contributed by atoms with Crippen LogP contribution in [-0.2, 0) is 126 Å². The predicted molar refractivity (Wildman–Crippen MR) is 556 cm³/mol. The summed E-state index contributed by atoms with van der Waals surface area (Å²) >= 11 is 0. The molecule has 24 nitrogen and oxygen atoms in total. The third-order valence-electron chi connectivity index (χ3n) is 32.9. The Bertz CT molecular complexity index is 4890. The van der Waals surface area contributed by atoms with Crippen LogP contribution in [0.5, 0.6) is 0 Å². The highest BCUT2D eigenvalue weighted by atomic mass is 16.2. The van der Waals surface area contributed by atoms with Crippen LogP contribution in [0.15, 0.2) is 146 Å². The van der Waals surface area contributed by atoms with E-state index in [0.717, 1.165) is 238 Å². The molecule has 0 aliphatic carbocycles. The van der Waals surface area contributed by atoms with E-state index in [1.807, 2.05) is 36.4 Å². The van der Waals surface area contributed by atoms with Crippen LogP contribution in [0.4, 0.5) is 28.8 Å². The van der Waals surface area contributed by atoms with Crippen molar-refractivity contribution in [3.05, 3.63) is 246 Å². The van der Waals surface area contributed by atoms with Gasteiger partial charge in [-0.15, -0.1) is 0 Å². The number of carbonyl (C=O) groups is 9. The highest BCUT2D eigenvalue weighted by Crippen LogP contribution is 2.60. The number of benzene rings is 7. The average Bonchev–Trinajstić information content (AvgIpc) is 1.50. The van der Waals surface area contributed by atoms with Crippen LogP contribution in [0.25, 0.3) is 0 Å². The Balaban J connectivity index is 0.724. The summed E-state index contributed by atoms with van der Waals surface area (Å²) in [6.07, 6.45) is 40.9. The van der Waals surface area contributed by atoms with Crippen LogP contribution in [-0.4, -0.2) is 123 Å². The first kappa shape index (κ1) is 102. The quantitative estimate of drug-likeness (QED) is 0.0164. The summed E-state index contributed by atoms with van der Waals surface area (Å²) < 4.78 is 0. The molecule has 9 aliphatic heterocycles. The molecule has 9 N–H and O–H groups in total. The highest BCUT2D eigenvalue weighted by molar-refractivity contribution is 5.95. The summed E-state index contributed by atoms with van der Waals surface area (Å²) in [5.41, 5.74) is 7.66. The molecule has 9 aliphatic rings. The predicted octanol–water partition coefficient (Wildman–Crippen LogP) is 21.5. The molecule has 9 heterocycles. The molecule has 9 fully saturated rings. The summed E-state index contributed by atoms with van der Waals surface area (Å²) in [6, 6.07) is 47.4. The summed E-state index contributed by atoms with van der Waals surface area (Å²) in [4.78, 5) is 150. The van der Waals surface area contributed by atoms with Gasteiger partial charge in [0.1, 0.15) is 0 Å². The third kappa shape index (κ3) is 19.6. The van der Waals surface area contributed by atoms with Crippen LogP contribution in [0.3, 0.4) is 0 Å². The number of nitrogens with one attached hydrogen (secondary N) is 9. The monoisotopic (exact) mass is 1920 g/mol. The number of amides is 15. The molecule has 0 aromatic heterocycles. The minimum absolute atomic E-state index is 0.0173. The van der Waals surface area contributed by atoms with Crippen molar-refractivity contribution in [1.82, 2.24) is 77.3 Å². The molecular formula is C117H159N15O9. The Labute approximate surface area is 838 Å². The fraction of sp³-hybridized carbons (Fsp3) is 0.564. The molecule has 16 rings (SSSR count). The average molecular weight is 1920 g/mol. The lowest BCUT2D eigenvalue weighted by Crippen LogP contribution is -2.67. The van der Waals surface area contributed by atoms with Gasteiger partial charge in [-0.2, -0.15) is 0 Å². The van der Waals surface area contributed by atoms with Gasteiger partial charge in [-0.25, -0.2) is 28.8 Å². The van der Waals surface area contributed by atoms with Gasteiger partial charge < -0.3 is 47.9 Å². The molecule has 0 spiro atoms. The third-order valence-corrected chi connectivity index (χ3v) is 32.9. The minimum atomic E-state index is -1.45. The summed E-state index contributed by atoms with van der Waals surface area (Å²) in [6.45, 7) is 19.2.